The second-order valence-electron chi connectivity index (χ2n) is 5.64. The average Bonchev–Trinajstić information content (AvgIpc) is 3.00. The Bertz CT molecular complexity index is 438. The first-order chi connectivity index (χ1) is 9.61. The van der Waals surface area contributed by atoms with Crippen LogP contribution in [0.3, 0.4) is 0 Å². The molecule has 110 valence electrons. The second-order valence-corrected chi connectivity index (χ2v) is 5.64. The fourth-order valence-electron chi connectivity index (χ4n) is 2.47. The number of hydrogen-bond acceptors (Lipinski definition) is 3. The summed E-state index contributed by atoms with van der Waals surface area (Å²) in [4.78, 5) is 14.4. The minimum atomic E-state index is -0.446. The van der Waals surface area contributed by atoms with Crippen molar-refractivity contribution in [1.82, 2.24) is 0 Å². The zero-order chi connectivity index (χ0) is 14.5. The van der Waals surface area contributed by atoms with E-state index in [1.54, 1.807) is 0 Å². The molecule has 20 heavy (non-hydrogen) atoms. The molecule has 1 aliphatic heterocycles. The van der Waals surface area contributed by atoms with Crippen LogP contribution in [0.15, 0.2) is 24.3 Å². The Labute approximate surface area is 121 Å². The van der Waals surface area contributed by atoms with Gasteiger partial charge in [0.2, 0.25) is 5.91 Å². The van der Waals surface area contributed by atoms with Gasteiger partial charge in [-0.25, -0.2) is 0 Å². The molecule has 1 fully saturated rings. The van der Waals surface area contributed by atoms with E-state index in [1.807, 2.05) is 26.0 Å². The van der Waals surface area contributed by atoms with Gasteiger partial charge in [-0.05, 0) is 43.0 Å². The van der Waals surface area contributed by atoms with Crippen LogP contribution < -0.4 is 16.0 Å². The van der Waals surface area contributed by atoms with Crippen LogP contribution in [0.5, 0.6) is 0 Å². The second kappa shape index (κ2) is 6.75. The summed E-state index contributed by atoms with van der Waals surface area (Å²) in [5.74, 6) is 0.0899. The molecule has 1 aromatic carbocycles. The van der Waals surface area contributed by atoms with Gasteiger partial charge in [-0.2, -0.15) is 0 Å². The lowest BCUT2D eigenvalue weighted by Gasteiger charge is -2.19. The van der Waals surface area contributed by atoms with E-state index in [9.17, 15) is 4.79 Å². The Morgan fingerprint density at radius 1 is 1.30 bits per heavy atom. The molecule has 0 radical (unpaired) electrons. The molecule has 3 N–H and O–H groups in total. The third-order valence-electron chi connectivity index (χ3n) is 4.17. The van der Waals surface area contributed by atoms with Crippen LogP contribution in [-0.4, -0.2) is 25.0 Å². The van der Waals surface area contributed by atoms with E-state index in [-0.39, 0.29) is 11.8 Å². The predicted molar refractivity (Wildman–Crippen MR) is 83.9 cm³/mol. The summed E-state index contributed by atoms with van der Waals surface area (Å²) in [6.45, 7) is 6.30. The molecule has 1 aromatic rings. The molecule has 0 bridgehead atoms. The number of carbonyl (C=O) groups is 1. The van der Waals surface area contributed by atoms with Crippen LogP contribution in [-0.2, 0) is 4.79 Å². The van der Waals surface area contributed by atoms with E-state index in [4.69, 9.17) is 5.73 Å². The number of nitrogens with one attached hydrogen (secondary N) is 1. The lowest BCUT2D eigenvalue weighted by Crippen LogP contribution is -2.40. The third kappa shape index (κ3) is 3.51. The number of amides is 1. The van der Waals surface area contributed by atoms with Crippen molar-refractivity contribution in [2.45, 2.75) is 39.2 Å². The number of anilines is 2. The van der Waals surface area contributed by atoms with Gasteiger partial charge in [0.05, 0.1) is 6.04 Å². The average molecular weight is 275 g/mol. The Hall–Kier alpha value is -1.55. The minimum absolute atomic E-state index is 0.103. The van der Waals surface area contributed by atoms with Crippen molar-refractivity contribution < 1.29 is 4.79 Å². The highest BCUT2D eigenvalue weighted by atomic mass is 16.2. The largest absolute Gasteiger partial charge is 0.372 e. The Morgan fingerprint density at radius 2 is 1.90 bits per heavy atom. The van der Waals surface area contributed by atoms with Gasteiger partial charge in [0, 0.05) is 24.5 Å². The highest BCUT2D eigenvalue weighted by Crippen LogP contribution is 2.22. The maximum absolute atomic E-state index is 12.0. The van der Waals surface area contributed by atoms with E-state index >= 15 is 0 Å². The van der Waals surface area contributed by atoms with E-state index in [0.29, 0.717) is 0 Å². The van der Waals surface area contributed by atoms with Crippen LogP contribution in [0.4, 0.5) is 11.4 Å². The van der Waals surface area contributed by atoms with Crippen LogP contribution in [0.1, 0.15) is 33.1 Å². The fraction of sp³-hybridized carbons (Fsp3) is 0.562. The highest BCUT2D eigenvalue weighted by molar-refractivity contribution is 5.95. The fourth-order valence-corrected chi connectivity index (χ4v) is 2.47. The third-order valence-corrected chi connectivity index (χ3v) is 4.17. The van der Waals surface area contributed by atoms with Crippen LogP contribution >= 0.6 is 0 Å². The van der Waals surface area contributed by atoms with E-state index in [0.717, 1.165) is 25.2 Å². The Balaban J connectivity index is 1.94. The van der Waals surface area contributed by atoms with E-state index in [2.05, 4.69) is 22.3 Å². The predicted octanol–water partition coefficient (Wildman–Crippen LogP) is 2.60. The van der Waals surface area contributed by atoms with Crippen LogP contribution in [0, 0.1) is 5.92 Å². The monoisotopic (exact) mass is 275 g/mol. The van der Waals surface area contributed by atoms with Crippen molar-refractivity contribution in [2.24, 2.45) is 11.7 Å². The SMILES string of the molecule is CCC(C)[C@H](N)C(=O)Nc1ccc(N2CCCC2)cc1. The van der Waals surface area contributed by atoms with Gasteiger partial charge < -0.3 is 16.0 Å². The van der Waals surface area contributed by atoms with Gasteiger partial charge in [0.25, 0.3) is 0 Å². The van der Waals surface area contributed by atoms with Crippen molar-refractivity contribution in [3.05, 3.63) is 24.3 Å². The molecule has 1 aliphatic rings. The molecular weight excluding hydrogens is 250 g/mol. The van der Waals surface area contributed by atoms with Gasteiger partial charge in [-0.15, -0.1) is 0 Å². The number of rotatable bonds is 5. The number of benzene rings is 1. The van der Waals surface area contributed by atoms with Crippen molar-refractivity contribution in [1.29, 1.82) is 0 Å². The summed E-state index contributed by atoms with van der Waals surface area (Å²) in [7, 11) is 0. The quantitative estimate of drug-likeness (QED) is 0.868. The first-order valence-electron chi connectivity index (χ1n) is 7.53. The van der Waals surface area contributed by atoms with Crippen LogP contribution in [0.25, 0.3) is 0 Å². The number of nitrogens with zero attached hydrogens (tertiary/aromatic N) is 1. The van der Waals surface area contributed by atoms with Gasteiger partial charge in [0.1, 0.15) is 0 Å². The van der Waals surface area contributed by atoms with Crippen molar-refractivity contribution in [3.8, 4) is 0 Å². The summed E-state index contributed by atoms with van der Waals surface area (Å²) >= 11 is 0. The van der Waals surface area contributed by atoms with E-state index < -0.39 is 6.04 Å². The number of carbonyl (C=O) groups excluding carboxylic acids is 1. The maximum atomic E-state index is 12.0. The topological polar surface area (TPSA) is 58.4 Å². The molecule has 2 rings (SSSR count). The van der Waals surface area contributed by atoms with Crippen molar-refractivity contribution in [2.75, 3.05) is 23.3 Å². The summed E-state index contributed by atoms with van der Waals surface area (Å²) in [6.07, 6.45) is 3.44. The molecule has 4 heteroatoms. The van der Waals surface area contributed by atoms with Gasteiger partial charge in [0.15, 0.2) is 0 Å². The van der Waals surface area contributed by atoms with Gasteiger partial charge >= 0.3 is 0 Å². The summed E-state index contributed by atoms with van der Waals surface area (Å²) in [5, 5.41) is 2.89. The normalized spacial score (nSPS) is 17.9. The summed E-state index contributed by atoms with van der Waals surface area (Å²) in [6, 6.07) is 7.59. The van der Waals surface area contributed by atoms with Crippen molar-refractivity contribution >= 4 is 17.3 Å². The summed E-state index contributed by atoms with van der Waals surface area (Å²) in [5.41, 5.74) is 7.97. The molecule has 1 unspecified atom stereocenters. The first-order valence-corrected chi connectivity index (χ1v) is 7.53. The molecule has 0 saturated carbocycles. The Kier molecular flexibility index (Phi) is 5.01. The van der Waals surface area contributed by atoms with Crippen molar-refractivity contribution in [3.63, 3.8) is 0 Å². The van der Waals surface area contributed by atoms with Gasteiger partial charge in [-0.3, -0.25) is 4.79 Å². The zero-order valence-corrected chi connectivity index (χ0v) is 12.4. The molecule has 1 saturated heterocycles. The highest BCUT2D eigenvalue weighted by Gasteiger charge is 2.19. The molecule has 0 aliphatic carbocycles. The molecule has 4 nitrogen and oxygen atoms in total. The van der Waals surface area contributed by atoms with Crippen LogP contribution in [0.2, 0.25) is 0 Å². The van der Waals surface area contributed by atoms with Gasteiger partial charge in [-0.1, -0.05) is 20.3 Å². The Morgan fingerprint density at radius 3 is 2.45 bits per heavy atom. The molecule has 1 heterocycles. The van der Waals surface area contributed by atoms with E-state index in [1.165, 1.54) is 18.5 Å². The molecule has 2 atom stereocenters. The lowest BCUT2D eigenvalue weighted by molar-refractivity contribution is -0.118. The molecule has 1 amide bonds. The maximum Gasteiger partial charge on any atom is 0.241 e. The molecular formula is C16H25N3O. The molecule has 0 aromatic heterocycles. The summed E-state index contributed by atoms with van der Waals surface area (Å²) < 4.78 is 0. The lowest BCUT2D eigenvalue weighted by atomic mass is 9.99. The smallest absolute Gasteiger partial charge is 0.241 e. The minimum Gasteiger partial charge on any atom is -0.372 e. The first kappa shape index (κ1) is 14.9. The standard InChI is InChI=1S/C16H25N3O/c1-3-12(2)15(17)16(20)18-13-6-8-14(9-7-13)19-10-4-5-11-19/h6-9,12,15H,3-5,10-11,17H2,1-2H3,(H,18,20)/t12?,15-/m0/s1. The molecule has 0 spiro atoms. The number of nitrogens with two attached hydrogens (primary N) is 1. The number of hydrogen-bond donors (Lipinski definition) is 2. The zero-order valence-electron chi connectivity index (χ0n) is 12.4.